The Morgan fingerprint density at radius 1 is 1.06 bits per heavy atom. The number of carbonyl (C=O) groups excluding carboxylic acids is 2. The fourth-order valence-electron chi connectivity index (χ4n) is 3.32. The molecule has 0 spiro atoms. The van der Waals surface area contributed by atoms with E-state index in [0.29, 0.717) is 17.1 Å². The molecule has 0 aliphatic heterocycles. The molecule has 0 aliphatic carbocycles. The number of hydrogen-bond donors (Lipinski definition) is 1. The highest BCUT2D eigenvalue weighted by Gasteiger charge is 2.17. The van der Waals surface area contributed by atoms with E-state index in [-0.39, 0.29) is 18.4 Å². The van der Waals surface area contributed by atoms with Crippen LogP contribution in [-0.2, 0) is 26.2 Å². The standard InChI is InChI=1S/C26H27N3O4S/c1-4-26(2,3)18-5-9-21(10-6-18)33-22-11-7-19(8-12-22)27-23(30)17-32-24(31)15-20-16-29-13-14-34-25(29)28-20/h5-14,16H,4,15,17H2,1-3H3,(H,27,30). The van der Waals surface area contributed by atoms with Crippen molar-refractivity contribution in [3.05, 3.63) is 77.6 Å². The normalized spacial score (nSPS) is 11.4. The molecule has 34 heavy (non-hydrogen) atoms. The lowest BCUT2D eigenvalue weighted by Crippen LogP contribution is -2.21. The Balaban J connectivity index is 1.24. The molecule has 0 radical (unpaired) electrons. The minimum Gasteiger partial charge on any atom is -0.457 e. The van der Waals surface area contributed by atoms with Crippen LogP contribution >= 0.6 is 11.3 Å². The topological polar surface area (TPSA) is 81.9 Å². The van der Waals surface area contributed by atoms with Gasteiger partial charge in [-0.15, -0.1) is 11.3 Å². The van der Waals surface area contributed by atoms with Crippen molar-refractivity contribution in [2.24, 2.45) is 0 Å². The van der Waals surface area contributed by atoms with Gasteiger partial charge >= 0.3 is 5.97 Å². The molecule has 8 heteroatoms. The SMILES string of the molecule is CCC(C)(C)c1ccc(Oc2ccc(NC(=O)COC(=O)Cc3cn4ccsc4n3)cc2)cc1. The molecule has 2 heterocycles. The van der Waals surface area contributed by atoms with Crippen LogP contribution < -0.4 is 10.1 Å². The summed E-state index contributed by atoms with van der Waals surface area (Å²) in [6.07, 6.45) is 4.72. The van der Waals surface area contributed by atoms with Crippen LogP contribution in [0.3, 0.4) is 0 Å². The average molecular weight is 478 g/mol. The van der Waals surface area contributed by atoms with Crippen molar-refractivity contribution in [2.45, 2.75) is 39.0 Å². The molecule has 0 aliphatic rings. The highest BCUT2D eigenvalue weighted by molar-refractivity contribution is 7.15. The van der Waals surface area contributed by atoms with Gasteiger partial charge in [0, 0.05) is 23.5 Å². The van der Waals surface area contributed by atoms with Gasteiger partial charge in [-0.3, -0.25) is 14.0 Å². The summed E-state index contributed by atoms with van der Waals surface area (Å²) in [4.78, 5) is 29.3. The number of nitrogens with zero attached hydrogens (tertiary/aromatic N) is 2. The maximum Gasteiger partial charge on any atom is 0.312 e. The molecule has 0 bridgehead atoms. The lowest BCUT2D eigenvalue weighted by Gasteiger charge is -2.23. The highest BCUT2D eigenvalue weighted by Crippen LogP contribution is 2.30. The zero-order chi connectivity index (χ0) is 24.1. The summed E-state index contributed by atoms with van der Waals surface area (Å²) in [6.45, 7) is 6.26. The Morgan fingerprint density at radius 3 is 2.38 bits per heavy atom. The molecular formula is C26H27N3O4S. The quantitative estimate of drug-likeness (QED) is 0.317. The van der Waals surface area contributed by atoms with Gasteiger partial charge in [-0.05, 0) is 53.8 Å². The van der Waals surface area contributed by atoms with Gasteiger partial charge in [-0.25, -0.2) is 4.98 Å². The van der Waals surface area contributed by atoms with Crippen LogP contribution in [0.25, 0.3) is 4.96 Å². The van der Waals surface area contributed by atoms with Crippen molar-refractivity contribution < 1.29 is 19.1 Å². The molecule has 1 amide bonds. The molecule has 4 aromatic rings. The first-order valence-electron chi connectivity index (χ1n) is 11.1. The van der Waals surface area contributed by atoms with E-state index in [0.717, 1.165) is 17.1 Å². The smallest absolute Gasteiger partial charge is 0.312 e. The molecule has 1 N–H and O–H groups in total. The van der Waals surface area contributed by atoms with Crippen molar-refractivity contribution in [3.8, 4) is 11.5 Å². The number of thiazole rings is 1. The van der Waals surface area contributed by atoms with Crippen LogP contribution in [-0.4, -0.2) is 27.9 Å². The van der Waals surface area contributed by atoms with E-state index in [1.807, 2.05) is 28.1 Å². The van der Waals surface area contributed by atoms with Crippen LogP contribution in [0.2, 0.25) is 0 Å². The third-order valence-corrected chi connectivity index (χ3v) is 6.50. The summed E-state index contributed by atoms with van der Waals surface area (Å²) >= 11 is 1.48. The second kappa shape index (κ2) is 10.1. The van der Waals surface area contributed by atoms with E-state index >= 15 is 0 Å². The monoisotopic (exact) mass is 477 g/mol. The number of esters is 1. The summed E-state index contributed by atoms with van der Waals surface area (Å²) in [5.74, 6) is 0.490. The number of ether oxygens (including phenoxy) is 2. The van der Waals surface area contributed by atoms with Gasteiger partial charge in [0.15, 0.2) is 11.6 Å². The first kappa shape index (κ1) is 23.5. The van der Waals surface area contributed by atoms with Gasteiger partial charge in [-0.1, -0.05) is 32.9 Å². The lowest BCUT2D eigenvalue weighted by molar-refractivity contribution is -0.146. The van der Waals surface area contributed by atoms with E-state index in [4.69, 9.17) is 9.47 Å². The largest absolute Gasteiger partial charge is 0.457 e. The number of rotatable bonds is 9. The Hall–Kier alpha value is -3.65. The number of amides is 1. The van der Waals surface area contributed by atoms with Crippen LogP contribution in [0.4, 0.5) is 5.69 Å². The molecule has 7 nitrogen and oxygen atoms in total. The minimum atomic E-state index is -0.502. The van der Waals surface area contributed by atoms with E-state index in [9.17, 15) is 9.59 Å². The van der Waals surface area contributed by atoms with Gasteiger partial charge in [0.05, 0.1) is 12.1 Å². The van der Waals surface area contributed by atoms with Crippen molar-refractivity contribution in [3.63, 3.8) is 0 Å². The lowest BCUT2D eigenvalue weighted by atomic mass is 9.82. The maximum atomic E-state index is 12.1. The Bertz CT molecular complexity index is 1250. The second-order valence-electron chi connectivity index (χ2n) is 8.60. The molecular weight excluding hydrogens is 450 g/mol. The number of fused-ring (bicyclic) bond motifs is 1. The van der Waals surface area contributed by atoms with Gasteiger partial charge < -0.3 is 14.8 Å². The van der Waals surface area contributed by atoms with Crippen molar-refractivity contribution in [2.75, 3.05) is 11.9 Å². The van der Waals surface area contributed by atoms with Crippen molar-refractivity contribution >= 4 is 33.9 Å². The highest BCUT2D eigenvalue weighted by atomic mass is 32.1. The van der Waals surface area contributed by atoms with Crippen molar-refractivity contribution in [1.29, 1.82) is 0 Å². The molecule has 176 valence electrons. The first-order chi connectivity index (χ1) is 16.3. The zero-order valence-electron chi connectivity index (χ0n) is 19.4. The summed E-state index contributed by atoms with van der Waals surface area (Å²) in [5.41, 5.74) is 2.59. The van der Waals surface area contributed by atoms with Gasteiger partial charge in [-0.2, -0.15) is 0 Å². The number of imidazole rings is 1. The summed E-state index contributed by atoms with van der Waals surface area (Å²) < 4.78 is 12.8. The predicted molar refractivity (Wildman–Crippen MR) is 133 cm³/mol. The molecule has 0 fully saturated rings. The third-order valence-electron chi connectivity index (χ3n) is 5.73. The fourth-order valence-corrected chi connectivity index (χ4v) is 4.04. The molecule has 0 saturated heterocycles. The molecule has 2 aromatic heterocycles. The van der Waals surface area contributed by atoms with Crippen LogP contribution in [0.1, 0.15) is 38.4 Å². The number of hydrogen-bond acceptors (Lipinski definition) is 6. The Labute approximate surface area is 202 Å². The van der Waals surface area contributed by atoms with Crippen LogP contribution in [0.15, 0.2) is 66.3 Å². The number of nitrogens with one attached hydrogen (secondary N) is 1. The van der Waals surface area contributed by atoms with E-state index < -0.39 is 11.9 Å². The number of anilines is 1. The summed E-state index contributed by atoms with van der Waals surface area (Å²) in [7, 11) is 0. The molecule has 0 atom stereocenters. The predicted octanol–water partition coefficient (Wildman–Crippen LogP) is 5.60. The van der Waals surface area contributed by atoms with Gasteiger partial charge in [0.2, 0.25) is 0 Å². The fraction of sp³-hybridized carbons (Fsp3) is 0.269. The average Bonchev–Trinajstić information content (AvgIpc) is 3.41. The molecule has 0 saturated carbocycles. The maximum absolute atomic E-state index is 12.1. The van der Waals surface area contributed by atoms with E-state index in [1.54, 1.807) is 30.5 Å². The molecule has 4 rings (SSSR count). The number of benzene rings is 2. The van der Waals surface area contributed by atoms with Gasteiger partial charge in [0.25, 0.3) is 5.91 Å². The van der Waals surface area contributed by atoms with Crippen LogP contribution in [0, 0.1) is 0 Å². The zero-order valence-corrected chi connectivity index (χ0v) is 20.2. The third kappa shape index (κ3) is 5.82. The Morgan fingerprint density at radius 2 is 1.74 bits per heavy atom. The summed E-state index contributed by atoms with van der Waals surface area (Å²) in [6, 6.07) is 15.1. The van der Waals surface area contributed by atoms with Gasteiger partial charge in [0.1, 0.15) is 11.5 Å². The number of carbonyl (C=O) groups is 2. The van der Waals surface area contributed by atoms with E-state index in [1.165, 1.54) is 16.9 Å². The first-order valence-corrected chi connectivity index (χ1v) is 12.0. The molecule has 2 aromatic carbocycles. The Kier molecular flexibility index (Phi) is 6.98. The molecule has 0 unspecified atom stereocenters. The van der Waals surface area contributed by atoms with Crippen molar-refractivity contribution in [1.82, 2.24) is 9.38 Å². The van der Waals surface area contributed by atoms with Crippen LogP contribution in [0.5, 0.6) is 11.5 Å². The number of aromatic nitrogens is 2. The second-order valence-corrected chi connectivity index (χ2v) is 9.47. The summed E-state index contributed by atoms with van der Waals surface area (Å²) in [5, 5.41) is 4.63. The minimum absolute atomic E-state index is 0.0185. The van der Waals surface area contributed by atoms with E-state index in [2.05, 4.69) is 43.2 Å².